The molecule has 0 aliphatic rings. The van der Waals surface area contributed by atoms with Crippen LogP contribution in [0.25, 0.3) is 0 Å². The largest absolute Gasteiger partial charge is 0.309 e. The number of aliphatic imine (C=N–C) groups is 1. The fourth-order valence-corrected chi connectivity index (χ4v) is 0.278. The molecule has 48 valence electrons. The second-order valence-corrected chi connectivity index (χ2v) is 1.33. The Balaban J connectivity index is 3.46. The van der Waals surface area contributed by atoms with Gasteiger partial charge in [0, 0.05) is 18.6 Å². The molecule has 0 fully saturated rings. The minimum atomic E-state index is 1.19. The maximum atomic E-state index is 6.58. The first kappa shape index (κ1) is 7.82. The highest BCUT2D eigenvalue weighted by Crippen LogP contribution is 1.70. The van der Waals surface area contributed by atoms with Crippen LogP contribution in [0.4, 0.5) is 0 Å². The molecule has 0 saturated heterocycles. The van der Waals surface area contributed by atoms with Gasteiger partial charge in [-0.3, -0.25) is 4.99 Å². The molecule has 0 amide bonds. The third-order valence-corrected chi connectivity index (χ3v) is 0.633. The Morgan fingerprint density at radius 1 is 1.33 bits per heavy atom. The van der Waals surface area contributed by atoms with Crippen molar-refractivity contribution in [1.29, 1.82) is 5.41 Å². The molecule has 0 aliphatic heterocycles. The van der Waals surface area contributed by atoms with Gasteiger partial charge in [0.25, 0.3) is 0 Å². The van der Waals surface area contributed by atoms with Crippen LogP contribution in [0.3, 0.4) is 0 Å². The maximum absolute atomic E-state index is 6.58. The molecule has 2 heteroatoms. The quantitative estimate of drug-likeness (QED) is 0.554. The molecule has 0 aliphatic carbocycles. The topological polar surface area (TPSA) is 36.2 Å². The van der Waals surface area contributed by atoms with E-state index in [-0.39, 0.29) is 0 Å². The van der Waals surface area contributed by atoms with Gasteiger partial charge in [-0.15, -0.1) is 0 Å². The standard InChI is InChI=1S/C7H10N2/c1-2-3-6-9-7-4-5-8/h2-8H,1H3/b3-2-,7-4+,8-5?,9-6-. The second-order valence-electron chi connectivity index (χ2n) is 1.33. The summed E-state index contributed by atoms with van der Waals surface area (Å²) in [5.41, 5.74) is 0. The van der Waals surface area contributed by atoms with Crippen molar-refractivity contribution >= 4 is 12.4 Å². The van der Waals surface area contributed by atoms with Crippen molar-refractivity contribution < 1.29 is 0 Å². The first-order chi connectivity index (χ1) is 4.41. The molecule has 0 aromatic heterocycles. The lowest BCUT2D eigenvalue weighted by Gasteiger charge is -1.69. The maximum Gasteiger partial charge on any atom is 0.0282 e. The van der Waals surface area contributed by atoms with Gasteiger partial charge in [-0.05, 0) is 19.1 Å². The average Bonchev–Trinajstić information content (AvgIpc) is 1.89. The number of hydrogen-bond donors (Lipinski definition) is 1. The lowest BCUT2D eigenvalue weighted by molar-refractivity contribution is 1.55. The zero-order valence-corrected chi connectivity index (χ0v) is 5.41. The van der Waals surface area contributed by atoms with Gasteiger partial charge in [-0.1, -0.05) is 6.08 Å². The van der Waals surface area contributed by atoms with Crippen LogP contribution in [0.2, 0.25) is 0 Å². The van der Waals surface area contributed by atoms with Crippen molar-refractivity contribution in [3.63, 3.8) is 0 Å². The summed E-state index contributed by atoms with van der Waals surface area (Å²) in [5, 5.41) is 6.58. The third-order valence-electron chi connectivity index (χ3n) is 0.633. The van der Waals surface area contributed by atoms with E-state index in [4.69, 9.17) is 5.41 Å². The number of nitrogens with zero attached hydrogens (tertiary/aromatic N) is 1. The fourth-order valence-electron chi connectivity index (χ4n) is 0.278. The molecular formula is C7H10N2. The number of allylic oxidation sites excluding steroid dienone is 3. The van der Waals surface area contributed by atoms with Gasteiger partial charge in [0.05, 0.1) is 0 Å². The molecule has 0 aromatic carbocycles. The Bertz CT molecular complexity index is 143. The molecule has 0 rings (SSSR count). The molecule has 0 unspecified atom stereocenters. The van der Waals surface area contributed by atoms with Crippen molar-refractivity contribution in [2.45, 2.75) is 6.92 Å². The monoisotopic (exact) mass is 122 g/mol. The van der Waals surface area contributed by atoms with E-state index in [1.807, 2.05) is 19.1 Å². The zero-order valence-electron chi connectivity index (χ0n) is 5.41. The number of hydrogen-bond acceptors (Lipinski definition) is 2. The van der Waals surface area contributed by atoms with Crippen LogP contribution >= 0.6 is 0 Å². The minimum Gasteiger partial charge on any atom is -0.309 e. The van der Waals surface area contributed by atoms with E-state index in [9.17, 15) is 0 Å². The Kier molecular flexibility index (Phi) is 5.93. The molecule has 0 radical (unpaired) electrons. The molecule has 9 heavy (non-hydrogen) atoms. The number of nitrogens with one attached hydrogen (secondary N) is 1. The van der Waals surface area contributed by atoms with Gasteiger partial charge < -0.3 is 5.41 Å². The molecule has 0 saturated carbocycles. The summed E-state index contributed by atoms with van der Waals surface area (Å²) in [7, 11) is 0. The summed E-state index contributed by atoms with van der Waals surface area (Å²) in [6.45, 7) is 1.92. The van der Waals surface area contributed by atoms with E-state index in [0.29, 0.717) is 0 Å². The average molecular weight is 122 g/mol. The zero-order chi connectivity index (χ0) is 6.95. The summed E-state index contributed by atoms with van der Waals surface area (Å²) >= 11 is 0. The van der Waals surface area contributed by atoms with Crippen molar-refractivity contribution in [2.24, 2.45) is 4.99 Å². The van der Waals surface area contributed by atoms with Crippen LogP contribution in [-0.2, 0) is 0 Å². The smallest absolute Gasteiger partial charge is 0.0282 e. The van der Waals surface area contributed by atoms with E-state index in [1.165, 1.54) is 6.21 Å². The van der Waals surface area contributed by atoms with Crippen LogP contribution in [0.15, 0.2) is 29.4 Å². The van der Waals surface area contributed by atoms with Crippen molar-refractivity contribution in [1.82, 2.24) is 0 Å². The minimum absolute atomic E-state index is 1.19. The Labute approximate surface area is 55.1 Å². The highest BCUT2D eigenvalue weighted by Gasteiger charge is 1.57. The Hall–Kier alpha value is -1.18. The van der Waals surface area contributed by atoms with Gasteiger partial charge in [0.2, 0.25) is 0 Å². The van der Waals surface area contributed by atoms with Crippen LogP contribution in [0, 0.1) is 5.41 Å². The summed E-state index contributed by atoms with van der Waals surface area (Å²) in [4.78, 5) is 3.81. The van der Waals surface area contributed by atoms with Gasteiger partial charge in [0.1, 0.15) is 0 Å². The summed E-state index contributed by atoms with van der Waals surface area (Å²) in [6, 6.07) is 0. The molecule has 0 spiro atoms. The van der Waals surface area contributed by atoms with Crippen LogP contribution in [0.1, 0.15) is 6.92 Å². The first-order valence-corrected chi connectivity index (χ1v) is 2.72. The van der Waals surface area contributed by atoms with E-state index in [2.05, 4.69) is 4.99 Å². The molecule has 2 nitrogen and oxygen atoms in total. The van der Waals surface area contributed by atoms with E-state index in [0.717, 1.165) is 0 Å². The molecule has 0 aromatic rings. The molecule has 1 N–H and O–H groups in total. The van der Waals surface area contributed by atoms with Gasteiger partial charge in [0.15, 0.2) is 0 Å². The Morgan fingerprint density at radius 3 is 2.67 bits per heavy atom. The third kappa shape index (κ3) is 6.82. The van der Waals surface area contributed by atoms with E-state index in [1.54, 1.807) is 18.5 Å². The molecular weight excluding hydrogens is 112 g/mol. The van der Waals surface area contributed by atoms with Crippen molar-refractivity contribution in [2.75, 3.05) is 0 Å². The fraction of sp³-hybridized carbons (Fsp3) is 0.143. The highest BCUT2D eigenvalue weighted by molar-refractivity contribution is 5.73. The van der Waals surface area contributed by atoms with Crippen LogP contribution < -0.4 is 0 Å². The highest BCUT2D eigenvalue weighted by atomic mass is 14.7. The van der Waals surface area contributed by atoms with Gasteiger partial charge in [-0.25, -0.2) is 0 Å². The lowest BCUT2D eigenvalue weighted by Crippen LogP contribution is -1.60. The Morgan fingerprint density at radius 2 is 2.11 bits per heavy atom. The SMILES string of the molecule is C\C=C/C=N\C=C\C=N. The number of rotatable bonds is 3. The molecule has 0 atom stereocenters. The van der Waals surface area contributed by atoms with E-state index >= 15 is 0 Å². The molecule has 0 bridgehead atoms. The summed E-state index contributed by atoms with van der Waals surface area (Å²) in [6.07, 6.45) is 9.69. The molecule has 0 heterocycles. The van der Waals surface area contributed by atoms with Gasteiger partial charge >= 0.3 is 0 Å². The van der Waals surface area contributed by atoms with Crippen molar-refractivity contribution in [3.8, 4) is 0 Å². The normalized spacial score (nSPS) is 12.1. The van der Waals surface area contributed by atoms with Crippen LogP contribution in [0.5, 0.6) is 0 Å². The van der Waals surface area contributed by atoms with E-state index < -0.39 is 0 Å². The first-order valence-electron chi connectivity index (χ1n) is 2.72. The van der Waals surface area contributed by atoms with Crippen LogP contribution in [-0.4, -0.2) is 12.4 Å². The van der Waals surface area contributed by atoms with Gasteiger partial charge in [-0.2, -0.15) is 0 Å². The summed E-state index contributed by atoms with van der Waals surface area (Å²) in [5.74, 6) is 0. The predicted octanol–water partition coefficient (Wildman–Crippen LogP) is 1.80. The lowest BCUT2D eigenvalue weighted by atomic mass is 10.6. The predicted molar refractivity (Wildman–Crippen MR) is 41.2 cm³/mol. The summed E-state index contributed by atoms with van der Waals surface area (Å²) < 4.78 is 0. The second kappa shape index (κ2) is 6.82. The van der Waals surface area contributed by atoms with Crippen molar-refractivity contribution in [3.05, 3.63) is 24.4 Å².